The minimum Gasteiger partial charge on any atom is -0.312 e. The summed E-state index contributed by atoms with van der Waals surface area (Å²) in [5.74, 6) is 0. The summed E-state index contributed by atoms with van der Waals surface area (Å²) < 4.78 is 7.08. The van der Waals surface area contributed by atoms with E-state index in [0.717, 1.165) is 9.86 Å². The lowest BCUT2D eigenvalue weighted by atomic mass is 10.3. The van der Waals surface area contributed by atoms with Gasteiger partial charge in [0.05, 0.1) is 29.4 Å². The first-order chi connectivity index (χ1) is 5.90. The highest BCUT2D eigenvalue weighted by atomic mass is 32.2. The Morgan fingerprint density at radius 2 is 2.25 bits per heavy atom. The van der Waals surface area contributed by atoms with Crippen LogP contribution in [0.15, 0.2) is 28.6 Å². The smallest absolute Gasteiger partial charge is 0.178 e. The molecule has 2 nitrogen and oxygen atoms in total. The van der Waals surface area contributed by atoms with E-state index in [0.29, 0.717) is 0 Å². The molecule has 0 aliphatic rings. The average molecular weight is 197 g/mol. The number of nitrogens with zero attached hydrogens (tertiary/aromatic N) is 1. The first kappa shape index (κ1) is 8.04. The molecule has 0 saturated carbocycles. The Morgan fingerprint density at radius 1 is 1.42 bits per heavy atom. The van der Waals surface area contributed by atoms with Crippen molar-refractivity contribution in [2.24, 2.45) is 0 Å². The third-order valence-electron chi connectivity index (χ3n) is 1.43. The molecular weight excluding hydrogens is 190 g/mol. The van der Waals surface area contributed by atoms with Crippen molar-refractivity contribution >= 4 is 33.6 Å². The van der Waals surface area contributed by atoms with Crippen molar-refractivity contribution < 1.29 is 4.18 Å². The Morgan fingerprint density at radius 3 is 3.00 bits per heavy atom. The van der Waals surface area contributed by atoms with Crippen LogP contribution in [0, 0.1) is 0 Å². The number of hydrogen-bond acceptors (Lipinski definition) is 4. The fraction of sp³-hybridized carbons (Fsp3) is 0.125. The van der Waals surface area contributed by atoms with Gasteiger partial charge in [-0.05, 0) is 12.1 Å². The molecule has 1 aromatic carbocycles. The molecule has 1 heterocycles. The lowest BCUT2D eigenvalue weighted by molar-refractivity contribution is 0.489. The van der Waals surface area contributed by atoms with Crippen LogP contribution in [-0.2, 0) is 4.18 Å². The zero-order valence-electron chi connectivity index (χ0n) is 6.48. The summed E-state index contributed by atoms with van der Waals surface area (Å²) in [4.78, 5) is 4.36. The lowest BCUT2D eigenvalue weighted by Crippen LogP contribution is -1.68. The van der Waals surface area contributed by atoms with E-state index in [1.165, 1.54) is 16.7 Å². The number of rotatable bonds is 2. The molecular formula is C8H7NOS2. The summed E-state index contributed by atoms with van der Waals surface area (Å²) in [5, 5.41) is 0. The second-order valence-electron chi connectivity index (χ2n) is 2.20. The maximum atomic E-state index is 4.92. The highest BCUT2D eigenvalue weighted by Gasteiger charge is 2.02. The van der Waals surface area contributed by atoms with Crippen LogP contribution < -0.4 is 0 Å². The molecule has 0 fully saturated rings. The van der Waals surface area contributed by atoms with Gasteiger partial charge in [0.2, 0.25) is 0 Å². The van der Waals surface area contributed by atoms with Gasteiger partial charge in [-0.25, -0.2) is 4.98 Å². The maximum Gasteiger partial charge on any atom is 0.178 e. The normalized spacial score (nSPS) is 10.8. The first-order valence-corrected chi connectivity index (χ1v) is 5.02. The fourth-order valence-corrected chi connectivity index (χ4v) is 2.54. The van der Waals surface area contributed by atoms with Crippen LogP contribution in [0.4, 0.5) is 0 Å². The van der Waals surface area contributed by atoms with Crippen molar-refractivity contribution in [2.45, 2.75) is 4.34 Å². The van der Waals surface area contributed by atoms with E-state index in [1.54, 1.807) is 18.4 Å². The average Bonchev–Trinajstić information content (AvgIpc) is 2.47. The summed E-state index contributed by atoms with van der Waals surface area (Å²) >= 11 is 2.96. The number of aromatic nitrogens is 1. The topological polar surface area (TPSA) is 22.1 Å². The molecule has 0 unspecified atom stereocenters. The van der Waals surface area contributed by atoms with Crippen molar-refractivity contribution in [1.29, 1.82) is 0 Å². The molecule has 0 atom stereocenters. The van der Waals surface area contributed by atoms with E-state index in [4.69, 9.17) is 4.18 Å². The number of para-hydroxylation sites is 1. The Kier molecular flexibility index (Phi) is 2.30. The third-order valence-corrected chi connectivity index (χ3v) is 3.11. The van der Waals surface area contributed by atoms with Gasteiger partial charge in [0.25, 0.3) is 0 Å². The molecule has 0 aliphatic heterocycles. The van der Waals surface area contributed by atoms with Gasteiger partial charge in [-0.2, -0.15) is 0 Å². The van der Waals surface area contributed by atoms with Crippen LogP contribution in [0.25, 0.3) is 10.2 Å². The van der Waals surface area contributed by atoms with Crippen molar-refractivity contribution in [3.8, 4) is 0 Å². The van der Waals surface area contributed by atoms with Crippen molar-refractivity contribution in [3.05, 3.63) is 24.3 Å². The summed E-state index contributed by atoms with van der Waals surface area (Å²) in [6.07, 6.45) is 0. The van der Waals surface area contributed by atoms with Crippen molar-refractivity contribution in [1.82, 2.24) is 4.98 Å². The summed E-state index contributed by atoms with van der Waals surface area (Å²) in [6, 6.07) is 8.07. The highest BCUT2D eigenvalue weighted by Crippen LogP contribution is 2.28. The standard InChI is InChI=1S/C8H7NOS2/c1-10-12-8-9-6-4-2-3-5-7(6)11-8/h2-5H,1H3. The van der Waals surface area contributed by atoms with Gasteiger partial charge in [-0.3, -0.25) is 0 Å². The van der Waals surface area contributed by atoms with Crippen molar-refractivity contribution in [3.63, 3.8) is 0 Å². The number of benzene rings is 1. The van der Waals surface area contributed by atoms with E-state index in [9.17, 15) is 0 Å². The fourth-order valence-electron chi connectivity index (χ4n) is 0.958. The molecule has 0 amide bonds. The van der Waals surface area contributed by atoms with Gasteiger partial charge in [0, 0.05) is 0 Å². The summed E-state index contributed by atoms with van der Waals surface area (Å²) in [6.45, 7) is 0. The Balaban J connectivity index is 2.47. The highest BCUT2D eigenvalue weighted by molar-refractivity contribution is 7.96. The first-order valence-electron chi connectivity index (χ1n) is 3.46. The van der Waals surface area contributed by atoms with Crippen LogP contribution in [0.1, 0.15) is 0 Å². The van der Waals surface area contributed by atoms with E-state index in [1.807, 2.05) is 18.2 Å². The van der Waals surface area contributed by atoms with Gasteiger partial charge in [0.15, 0.2) is 4.34 Å². The van der Waals surface area contributed by atoms with Gasteiger partial charge in [0.1, 0.15) is 0 Å². The van der Waals surface area contributed by atoms with Crippen molar-refractivity contribution in [2.75, 3.05) is 7.11 Å². The molecule has 0 bridgehead atoms. The van der Waals surface area contributed by atoms with Gasteiger partial charge in [-0.1, -0.05) is 12.1 Å². The Hall–Kier alpha value is -0.580. The molecule has 12 heavy (non-hydrogen) atoms. The molecule has 2 rings (SSSR count). The maximum absolute atomic E-state index is 4.92. The van der Waals surface area contributed by atoms with Gasteiger partial charge >= 0.3 is 0 Å². The van der Waals surface area contributed by atoms with E-state index >= 15 is 0 Å². The minimum absolute atomic E-state index is 0.957. The molecule has 0 aliphatic carbocycles. The Labute approximate surface area is 78.8 Å². The number of thiazole rings is 1. The zero-order chi connectivity index (χ0) is 8.39. The Bertz CT molecular complexity index is 352. The van der Waals surface area contributed by atoms with Crippen LogP contribution >= 0.6 is 23.4 Å². The molecule has 2 aromatic rings. The van der Waals surface area contributed by atoms with Crippen LogP contribution in [0.5, 0.6) is 0 Å². The molecule has 0 spiro atoms. The molecule has 4 heteroatoms. The quantitative estimate of drug-likeness (QED) is 0.691. The second kappa shape index (κ2) is 3.43. The summed E-state index contributed by atoms with van der Waals surface area (Å²) in [5.41, 5.74) is 1.04. The van der Waals surface area contributed by atoms with E-state index in [-0.39, 0.29) is 0 Å². The third kappa shape index (κ3) is 1.46. The summed E-state index contributed by atoms with van der Waals surface area (Å²) in [7, 11) is 1.65. The monoisotopic (exact) mass is 197 g/mol. The predicted octanol–water partition coefficient (Wildman–Crippen LogP) is 2.95. The van der Waals surface area contributed by atoms with E-state index in [2.05, 4.69) is 11.1 Å². The molecule has 0 radical (unpaired) electrons. The number of fused-ring (bicyclic) bond motifs is 1. The molecule has 1 aromatic heterocycles. The van der Waals surface area contributed by atoms with Crippen LogP contribution in [0.2, 0.25) is 0 Å². The minimum atomic E-state index is 0.957. The molecule has 62 valence electrons. The van der Waals surface area contributed by atoms with Crippen LogP contribution in [-0.4, -0.2) is 12.1 Å². The molecule has 0 saturated heterocycles. The largest absolute Gasteiger partial charge is 0.312 e. The zero-order valence-corrected chi connectivity index (χ0v) is 8.11. The lowest BCUT2D eigenvalue weighted by Gasteiger charge is -1.85. The number of hydrogen-bond donors (Lipinski definition) is 0. The van der Waals surface area contributed by atoms with Crippen LogP contribution in [0.3, 0.4) is 0 Å². The van der Waals surface area contributed by atoms with E-state index < -0.39 is 0 Å². The second-order valence-corrected chi connectivity index (χ2v) is 4.37. The molecule has 0 N–H and O–H groups in total. The SMILES string of the molecule is COSc1nc2ccccc2s1. The van der Waals surface area contributed by atoms with Gasteiger partial charge in [-0.15, -0.1) is 11.3 Å². The predicted molar refractivity (Wildman–Crippen MR) is 52.5 cm³/mol. The van der Waals surface area contributed by atoms with Gasteiger partial charge < -0.3 is 4.18 Å².